The van der Waals surface area contributed by atoms with E-state index in [1.54, 1.807) is 7.11 Å². The van der Waals surface area contributed by atoms with Crippen LogP contribution in [0, 0.1) is 20.8 Å². The predicted molar refractivity (Wildman–Crippen MR) is 115 cm³/mol. The highest BCUT2D eigenvalue weighted by Crippen LogP contribution is 2.27. The lowest BCUT2D eigenvalue weighted by Crippen LogP contribution is -3.19. The molecule has 5 nitrogen and oxygen atoms in total. The Kier molecular flexibility index (Phi) is 6.25. The third-order valence-electron chi connectivity index (χ3n) is 5.76. The molecule has 28 heavy (non-hydrogen) atoms. The second-order valence-corrected chi connectivity index (χ2v) is 7.80. The molecule has 0 spiro atoms. The molecule has 1 heterocycles. The molecular weight excluding hydrogens is 350 g/mol. The summed E-state index contributed by atoms with van der Waals surface area (Å²) in [6.07, 6.45) is 0. The Morgan fingerprint density at radius 1 is 1.11 bits per heavy atom. The number of anilines is 2. The number of carbonyl (C=O) groups excluding carboxylic acids is 1. The fourth-order valence-corrected chi connectivity index (χ4v) is 4.15. The first-order valence-corrected chi connectivity index (χ1v) is 10.0. The lowest BCUT2D eigenvalue weighted by Gasteiger charge is -2.36. The second kappa shape index (κ2) is 8.65. The molecule has 1 amide bonds. The van der Waals surface area contributed by atoms with Gasteiger partial charge in [0.2, 0.25) is 0 Å². The number of carbonyl (C=O) groups is 1. The van der Waals surface area contributed by atoms with Crippen molar-refractivity contribution < 1.29 is 14.4 Å². The van der Waals surface area contributed by atoms with E-state index in [1.165, 1.54) is 10.5 Å². The van der Waals surface area contributed by atoms with E-state index in [-0.39, 0.29) is 11.9 Å². The number of piperazine rings is 1. The van der Waals surface area contributed by atoms with Gasteiger partial charge in [-0.2, -0.15) is 0 Å². The molecule has 1 fully saturated rings. The monoisotopic (exact) mass is 382 g/mol. The van der Waals surface area contributed by atoms with E-state index in [9.17, 15) is 4.79 Å². The third kappa shape index (κ3) is 4.30. The first kappa shape index (κ1) is 20.2. The number of methoxy groups -OCH3 is 1. The van der Waals surface area contributed by atoms with E-state index < -0.39 is 0 Å². The zero-order valence-corrected chi connectivity index (χ0v) is 17.6. The number of hydrogen-bond donors (Lipinski definition) is 2. The van der Waals surface area contributed by atoms with Gasteiger partial charge in [-0.1, -0.05) is 29.8 Å². The molecule has 5 heteroatoms. The van der Waals surface area contributed by atoms with Crippen LogP contribution in [-0.4, -0.2) is 45.2 Å². The van der Waals surface area contributed by atoms with Crippen LogP contribution < -0.4 is 19.9 Å². The zero-order chi connectivity index (χ0) is 20.3. The normalized spacial score (nSPS) is 16.0. The summed E-state index contributed by atoms with van der Waals surface area (Å²) in [5, 5.41) is 3.17. The number of quaternary nitrogens is 1. The van der Waals surface area contributed by atoms with Crippen LogP contribution in [0.5, 0.6) is 5.75 Å². The van der Waals surface area contributed by atoms with E-state index in [0.29, 0.717) is 0 Å². The molecule has 150 valence electrons. The van der Waals surface area contributed by atoms with Gasteiger partial charge in [-0.25, -0.2) is 0 Å². The summed E-state index contributed by atoms with van der Waals surface area (Å²) >= 11 is 0. The number of para-hydroxylation sites is 2. The first-order chi connectivity index (χ1) is 13.4. The fourth-order valence-electron chi connectivity index (χ4n) is 4.15. The molecule has 0 aromatic heterocycles. The fraction of sp³-hybridized carbons (Fsp3) is 0.435. The smallest absolute Gasteiger partial charge is 0.282 e. The van der Waals surface area contributed by atoms with Crippen LogP contribution in [0.25, 0.3) is 0 Å². The quantitative estimate of drug-likeness (QED) is 0.835. The summed E-state index contributed by atoms with van der Waals surface area (Å²) in [6.45, 7) is 11.9. The minimum Gasteiger partial charge on any atom is -0.495 e. The summed E-state index contributed by atoms with van der Waals surface area (Å²) < 4.78 is 5.50. The molecule has 2 aromatic rings. The molecular formula is C23H32N3O2+. The van der Waals surface area contributed by atoms with Gasteiger partial charge in [0.15, 0.2) is 6.04 Å². The van der Waals surface area contributed by atoms with Crippen LogP contribution in [0.1, 0.15) is 23.6 Å². The van der Waals surface area contributed by atoms with Crippen LogP contribution in [0.2, 0.25) is 0 Å². The topological polar surface area (TPSA) is 46.0 Å². The van der Waals surface area contributed by atoms with Crippen LogP contribution >= 0.6 is 0 Å². The summed E-state index contributed by atoms with van der Waals surface area (Å²) in [6, 6.07) is 12.3. The van der Waals surface area contributed by atoms with Gasteiger partial charge in [0, 0.05) is 5.69 Å². The molecule has 0 aliphatic carbocycles. The van der Waals surface area contributed by atoms with Crippen molar-refractivity contribution in [2.24, 2.45) is 0 Å². The molecule has 1 aliphatic heterocycles. The molecule has 0 radical (unpaired) electrons. The number of amides is 1. The van der Waals surface area contributed by atoms with Gasteiger partial charge in [-0.15, -0.1) is 0 Å². The van der Waals surface area contributed by atoms with Gasteiger partial charge in [0.05, 0.1) is 39.0 Å². The highest BCUT2D eigenvalue weighted by atomic mass is 16.5. The van der Waals surface area contributed by atoms with Gasteiger partial charge in [-0.3, -0.25) is 4.79 Å². The van der Waals surface area contributed by atoms with Gasteiger partial charge < -0.3 is 19.9 Å². The van der Waals surface area contributed by atoms with Crippen molar-refractivity contribution in [2.75, 3.05) is 43.5 Å². The van der Waals surface area contributed by atoms with E-state index in [4.69, 9.17) is 4.74 Å². The maximum atomic E-state index is 12.9. The maximum Gasteiger partial charge on any atom is 0.282 e. The maximum absolute atomic E-state index is 12.9. The number of ether oxygens (including phenoxy) is 1. The number of nitrogens with zero attached hydrogens (tertiary/aromatic N) is 1. The summed E-state index contributed by atoms with van der Waals surface area (Å²) in [5.74, 6) is 0.998. The number of rotatable bonds is 5. The summed E-state index contributed by atoms with van der Waals surface area (Å²) in [4.78, 5) is 16.6. The molecule has 1 aliphatic rings. The van der Waals surface area contributed by atoms with Crippen LogP contribution in [0.15, 0.2) is 36.4 Å². The molecule has 0 bridgehead atoms. The number of hydrogen-bond acceptors (Lipinski definition) is 3. The van der Waals surface area contributed by atoms with Crippen molar-refractivity contribution in [3.8, 4) is 5.75 Å². The zero-order valence-electron chi connectivity index (χ0n) is 17.6. The average Bonchev–Trinajstić information content (AvgIpc) is 2.70. The Labute approximate surface area is 168 Å². The molecule has 0 saturated carbocycles. The van der Waals surface area contributed by atoms with Gasteiger partial charge in [0.25, 0.3) is 5.91 Å². The van der Waals surface area contributed by atoms with Crippen molar-refractivity contribution in [3.05, 3.63) is 53.1 Å². The van der Waals surface area contributed by atoms with Crippen LogP contribution in [0.4, 0.5) is 11.4 Å². The van der Waals surface area contributed by atoms with Crippen molar-refractivity contribution in [3.63, 3.8) is 0 Å². The molecule has 1 saturated heterocycles. The van der Waals surface area contributed by atoms with E-state index in [1.807, 2.05) is 25.1 Å². The molecule has 3 rings (SSSR count). The second-order valence-electron chi connectivity index (χ2n) is 7.80. The number of aryl methyl sites for hydroxylation is 3. The van der Waals surface area contributed by atoms with Crippen molar-refractivity contribution in [2.45, 2.75) is 33.7 Å². The standard InChI is InChI=1S/C23H31N3O2/c1-16-14-17(2)22(18(3)15-16)24-23(27)19(4)25-10-12-26(13-11-25)20-8-6-7-9-21(20)28-5/h6-9,14-15,19H,10-13H2,1-5H3,(H,24,27)/p+1/t19-/m1/s1. The summed E-state index contributed by atoms with van der Waals surface area (Å²) in [5.41, 5.74) is 5.55. The van der Waals surface area contributed by atoms with Gasteiger partial charge in [-0.05, 0) is 51.0 Å². The first-order valence-electron chi connectivity index (χ1n) is 10.0. The molecule has 2 N–H and O–H groups in total. The average molecular weight is 383 g/mol. The number of nitrogens with one attached hydrogen (secondary N) is 2. The van der Waals surface area contributed by atoms with Gasteiger partial charge in [0.1, 0.15) is 5.75 Å². The highest BCUT2D eigenvalue weighted by molar-refractivity contribution is 5.95. The van der Waals surface area contributed by atoms with E-state index in [2.05, 4.69) is 49.2 Å². The molecule has 1 atom stereocenters. The Bertz CT molecular complexity index is 818. The minimum absolute atomic E-state index is 0.0834. The Morgan fingerprint density at radius 3 is 2.32 bits per heavy atom. The third-order valence-corrected chi connectivity index (χ3v) is 5.76. The lowest BCUT2D eigenvalue weighted by atomic mass is 10.0. The highest BCUT2D eigenvalue weighted by Gasteiger charge is 2.30. The largest absolute Gasteiger partial charge is 0.495 e. The molecule has 0 unspecified atom stereocenters. The minimum atomic E-state index is -0.0834. The SMILES string of the molecule is COc1ccccc1N1CC[NH+]([C@H](C)C(=O)Nc2c(C)cc(C)cc2C)CC1. The van der Waals surface area contributed by atoms with Crippen LogP contribution in [0.3, 0.4) is 0 Å². The Morgan fingerprint density at radius 2 is 1.71 bits per heavy atom. The summed E-state index contributed by atoms with van der Waals surface area (Å²) in [7, 11) is 1.71. The van der Waals surface area contributed by atoms with Crippen LogP contribution in [-0.2, 0) is 4.79 Å². The predicted octanol–water partition coefficient (Wildman–Crippen LogP) is 2.35. The Balaban J connectivity index is 1.62. The molecule has 2 aromatic carbocycles. The van der Waals surface area contributed by atoms with Crippen molar-refractivity contribution >= 4 is 17.3 Å². The van der Waals surface area contributed by atoms with E-state index >= 15 is 0 Å². The van der Waals surface area contributed by atoms with Crippen molar-refractivity contribution in [1.82, 2.24) is 0 Å². The van der Waals surface area contributed by atoms with E-state index in [0.717, 1.165) is 54.4 Å². The van der Waals surface area contributed by atoms with Gasteiger partial charge >= 0.3 is 0 Å². The van der Waals surface area contributed by atoms with Crippen molar-refractivity contribution in [1.29, 1.82) is 0 Å². The Hall–Kier alpha value is -2.53. The number of benzene rings is 2. The lowest BCUT2D eigenvalue weighted by molar-refractivity contribution is -0.914.